The first-order valence-corrected chi connectivity index (χ1v) is 12.9. The van der Waals surface area contributed by atoms with E-state index in [1.54, 1.807) is 32.9 Å². The molecule has 1 heterocycles. The number of methoxy groups -OCH3 is 1. The van der Waals surface area contributed by atoms with Crippen LogP contribution in [0.5, 0.6) is 0 Å². The van der Waals surface area contributed by atoms with Gasteiger partial charge in [0, 0.05) is 13.7 Å². The fourth-order valence-corrected chi connectivity index (χ4v) is 3.74. The number of nitrogens with zero attached hydrogens (tertiary/aromatic N) is 1. The highest BCUT2D eigenvalue weighted by atomic mass is 35.6. The number of carbonyl (C=O) groups is 4. The third kappa shape index (κ3) is 10.4. The van der Waals surface area contributed by atoms with Crippen molar-refractivity contribution in [3.63, 3.8) is 0 Å². The molecule has 1 fully saturated rings. The Labute approximate surface area is 227 Å². The van der Waals surface area contributed by atoms with E-state index in [1.165, 1.54) is 19.0 Å². The number of hydrazine groups is 1. The van der Waals surface area contributed by atoms with Crippen molar-refractivity contribution in [3.05, 3.63) is 12.2 Å². The van der Waals surface area contributed by atoms with E-state index in [4.69, 9.17) is 44.3 Å². The Balaban J connectivity index is 2.76. The van der Waals surface area contributed by atoms with Crippen LogP contribution in [-0.2, 0) is 28.7 Å². The predicted octanol–water partition coefficient (Wildman–Crippen LogP) is 2.27. The summed E-state index contributed by atoms with van der Waals surface area (Å²) in [6.07, 6.45) is 4.08. The maximum atomic E-state index is 13.0. The molecule has 0 bridgehead atoms. The summed E-state index contributed by atoms with van der Waals surface area (Å²) in [5.41, 5.74) is 2.81. The summed E-state index contributed by atoms with van der Waals surface area (Å²) in [6, 6.07) is -2.59. The Kier molecular flexibility index (Phi) is 13.5. The van der Waals surface area contributed by atoms with Crippen molar-refractivity contribution in [2.24, 2.45) is 11.8 Å². The first-order chi connectivity index (χ1) is 16.7. The first-order valence-electron chi connectivity index (χ1n) is 11.8. The molecular weight excluding hydrogens is 535 g/mol. The van der Waals surface area contributed by atoms with E-state index in [1.807, 2.05) is 6.92 Å². The molecule has 0 aromatic heterocycles. The van der Waals surface area contributed by atoms with E-state index < -0.39 is 58.3 Å². The molecule has 1 aliphatic heterocycles. The number of esters is 1. The lowest BCUT2D eigenvalue weighted by Gasteiger charge is -2.35. The van der Waals surface area contributed by atoms with Gasteiger partial charge in [-0.2, -0.15) is 0 Å². The van der Waals surface area contributed by atoms with Gasteiger partial charge in [-0.15, -0.1) is 0 Å². The number of amides is 3. The van der Waals surface area contributed by atoms with Gasteiger partial charge >= 0.3 is 5.97 Å². The smallest absolute Gasteiger partial charge is 0.325 e. The highest BCUT2D eigenvalue weighted by Crippen LogP contribution is 2.26. The molecular formula is C23H37Cl3N4O6. The van der Waals surface area contributed by atoms with Crippen molar-refractivity contribution in [2.45, 2.75) is 75.5 Å². The summed E-state index contributed by atoms with van der Waals surface area (Å²) in [5, 5.41) is 6.69. The molecule has 36 heavy (non-hydrogen) atoms. The number of halogens is 3. The Bertz CT molecular complexity index is 805. The standard InChI is InChI=1S/C23H37Cl3N4O6/c1-7-9-17(35-6)14(4)19(31)28-18(13(2)3)20(32)27-15(5)21(33)30-11-8-10-16(29-30)22(34)36-12-23(24,25)26/h7,9,13-18,29H,8,10-12H2,1-6H3,(H,27,32)(H,28,31)/b9-7+/t14-,15?,16?,17-,18+/m1/s1. The van der Waals surface area contributed by atoms with E-state index >= 15 is 0 Å². The van der Waals surface area contributed by atoms with Crippen molar-refractivity contribution >= 4 is 58.5 Å². The molecule has 1 rings (SSSR count). The second-order valence-corrected chi connectivity index (χ2v) is 11.5. The minimum atomic E-state index is -1.74. The average Bonchev–Trinajstić information content (AvgIpc) is 2.82. The van der Waals surface area contributed by atoms with Crippen LogP contribution in [0.1, 0.15) is 47.5 Å². The molecule has 13 heteroatoms. The second kappa shape index (κ2) is 15.0. The quantitative estimate of drug-likeness (QED) is 0.197. The summed E-state index contributed by atoms with van der Waals surface area (Å²) in [7, 11) is 1.51. The van der Waals surface area contributed by atoms with Crippen LogP contribution in [0.15, 0.2) is 12.2 Å². The summed E-state index contributed by atoms with van der Waals surface area (Å²) < 4.78 is 8.59. The third-order valence-corrected chi connectivity index (χ3v) is 5.98. The topological polar surface area (TPSA) is 126 Å². The van der Waals surface area contributed by atoms with Crippen molar-refractivity contribution in [1.82, 2.24) is 21.1 Å². The highest BCUT2D eigenvalue weighted by Gasteiger charge is 2.35. The summed E-state index contributed by atoms with van der Waals surface area (Å²) >= 11 is 16.8. The van der Waals surface area contributed by atoms with E-state index in [-0.39, 0.29) is 11.8 Å². The fraction of sp³-hybridized carbons (Fsp3) is 0.739. The van der Waals surface area contributed by atoms with Crippen LogP contribution < -0.4 is 16.1 Å². The van der Waals surface area contributed by atoms with Gasteiger partial charge in [0.15, 0.2) is 0 Å². The lowest BCUT2D eigenvalue weighted by molar-refractivity contribution is -0.152. The molecule has 0 aliphatic carbocycles. The zero-order valence-electron chi connectivity index (χ0n) is 21.5. The number of hydrogen-bond donors (Lipinski definition) is 3. The minimum absolute atomic E-state index is 0.239. The molecule has 0 aromatic rings. The van der Waals surface area contributed by atoms with Crippen LogP contribution in [0, 0.1) is 11.8 Å². The minimum Gasteiger partial charge on any atom is -0.460 e. The van der Waals surface area contributed by atoms with E-state index in [9.17, 15) is 19.2 Å². The maximum absolute atomic E-state index is 13.0. The number of carbonyl (C=O) groups excluding carboxylic acids is 4. The monoisotopic (exact) mass is 570 g/mol. The molecule has 0 saturated carbocycles. The SMILES string of the molecule is C/C=C/[C@@H](OC)[C@@H](C)C(=O)N[C@H](C(=O)NC(C)C(=O)N1CCCC(C(=O)OCC(Cl)(Cl)Cl)N1)C(C)C. The number of rotatable bonds is 11. The Morgan fingerprint density at radius 2 is 1.75 bits per heavy atom. The Morgan fingerprint density at radius 1 is 1.11 bits per heavy atom. The molecule has 0 aromatic carbocycles. The molecule has 3 amide bonds. The Hall–Kier alpha value is -1.59. The lowest BCUT2D eigenvalue weighted by Crippen LogP contribution is -2.61. The van der Waals surface area contributed by atoms with Crippen LogP contribution in [-0.4, -0.2) is 77.0 Å². The summed E-state index contributed by atoms with van der Waals surface area (Å²) in [6.45, 7) is 8.56. The fourth-order valence-electron chi connectivity index (χ4n) is 3.58. The predicted molar refractivity (Wildman–Crippen MR) is 138 cm³/mol. The number of allylic oxidation sites excluding steroid dienone is 1. The van der Waals surface area contributed by atoms with Crippen molar-refractivity contribution in [3.8, 4) is 0 Å². The molecule has 0 spiro atoms. The van der Waals surface area contributed by atoms with Gasteiger partial charge in [-0.05, 0) is 32.6 Å². The first kappa shape index (κ1) is 32.4. The van der Waals surface area contributed by atoms with Gasteiger partial charge in [0.1, 0.15) is 24.7 Å². The highest BCUT2D eigenvalue weighted by molar-refractivity contribution is 6.67. The van der Waals surface area contributed by atoms with Gasteiger partial charge in [0.25, 0.3) is 5.91 Å². The zero-order valence-corrected chi connectivity index (χ0v) is 23.7. The van der Waals surface area contributed by atoms with Crippen molar-refractivity contribution in [2.75, 3.05) is 20.3 Å². The van der Waals surface area contributed by atoms with Crippen LogP contribution >= 0.6 is 34.8 Å². The average molecular weight is 572 g/mol. The van der Waals surface area contributed by atoms with E-state index in [2.05, 4.69) is 16.1 Å². The molecule has 3 N–H and O–H groups in total. The van der Waals surface area contributed by atoms with Gasteiger partial charge in [-0.3, -0.25) is 24.2 Å². The molecule has 10 nitrogen and oxygen atoms in total. The van der Waals surface area contributed by atoms with Crippen LogP contribution in [0.2, 0.25) is 0 Å². The van der Waals surface area contributed by atoms with Gasteiger partial charge in [0.05, 0.1) is 12.0 Å². The number of nitrogens with one attached hydrogen (secondary N) is 3. The van der Waals surface area contributed by atoms with E-state index in [0.717, 1.165) is 0 Å². The molecule has 0 radical (unpaired) electrons. The molecule has 1 saturated heterocycles. The molecule has 2 unspecified atom stereocenters. The van der Waals surface area contributed by atoms with Crippen LogP contribution in [0.4, 0.5) is 0 Å². The van der Waals surface area contributed by atoms with Crippen molar-refractivity contribution in [1.29, 1.82) is 0 Å². The lowest BCUT2D eigenvalue weighted by atomic mass is 9.99. The van der Waals surface area contributed by atoms with Gasteiger partial charge < -0.3 is 20.1 Å². The number of alkyl halides is 3. The second-order valence-electron chi connectivity index (χ2n) is 9.01. The van der Waals surface area contributed by atoms with E-state index in [0.29, 0.717) is 19.4 Å². The summed E-state index contributed by atoms with van der Waals surface area (Å²) in [5.74, 6) is -2.72. The Morgan fingerprint density at radius 3 is 2.28 bits per heavy atom. The summed E-state index contributed by atoms with van der Waals surface area (Å²) in [4.78, 5) is 51.0. The third-order valence-electron chi connectivity index (χ3n) is 5.65. The molecule has 1 aliphatic rings. The van der Waals surface area contributed by atoms with Gasteiger partial charge in [-0.1, -0.05) is 67.7 Å². The van der Waals surface area contributed by atoms with Crippen molar-refractivity contribution < 1.29 is 28.7 Å². The normalized spacial score (nSPS) is 19.9. The molecule has 5 atom stereocenters. The molecule has 206 valence electrons. The maximum Gasteiger partial charge on any atom is 0.325 e. The zero-order chi connectivity index (χ0) is 27.6. The van der Waals surface area contributed by atoms with Gasteiger partial charge in [-0.25, -0.2) is 5.43 Å². The number of ether oxygens (including phenoxy) is 2. The van der Waals surface area contributed by atoms with Crippen LogP contribution in [0.25, 0.3) is 0 Å². The number of hydrogen-bond acceptors (Lipinski definition) is 7. The van der Waals surface area contributed by atoms with Crippen LogP contribution in [0.3, 0.4) is 0 Å². The largest absolute Gasteiger partial charge is 0.460 e. The van der Waals surface area contributed by atoms with Gasteiger partial charge in [0.2, 0.25) is 15.6 Å².